The molecule has 0 aliphatic carbocycles. The Morgan fingerprint density at radius 2 is 1.81 bits per heavy atom. The predicted octanol–water partition coefficient (Wildman–Crippen LogP) is 1.000. The van der Waals surface area contributed by atoms with E-state index in [1.807, 2.05) is 0 Å². The number of rotatable bonds is 5. The van der Waals surface area contributed by atoms with Gasteiger partial charge in [0.15, 0.2) is 0 Å². The monoisotopic (exact) mass is 251 g/mol. The van der Waals surface area contributed by atoms with Gasteiger partial charge in [-0.1, -0.05) is 0 Å². The molecule has 6 heteroatoms. The van der Waals surface area contributed by atoms with E-state index in [-0.39, 0.29) is 12.4 Å². The number of carbonyl (C=O) groups is 1. The minimum atomic E-state index is -3.30. The van der Waals surface area contributed by atoms with Crippen LogP contribution in [0.5, 0.6) is 0 Å². The van der Waals surface area contributed by atoms with Gasteiger partial charge < -0.3 is 4.74 Å². The molecule has 0 amide bonds. The van der Waals surface area contributed by atoms with Gasteiger partial charge in [0.05, 0.1) is 11.9 Å². The second kappa shape index (κ2) is 5.63. The molecule has 0 aliphatic heterocycles. The van der Waals surface area contributed by atoms with Crippen LogP contribution in [0, 0.1) is 0 Å². The number of nitrogens with zero attached hydrogens (tertiary/aromatic N) is 1. The van der Waals surface area contributed by atoms with Crippen LogP contribution in [0.3, 0.4) is 0 Å². The number of hydrogen-bond donors (Lipinski definition) is 0. The van der Waals surface area contributed by atoms with Crippen LogP contribution >= 0.6 is 0 Å². The molecule has 0 heterocycles. The van der Waals surface area contributed by atoms with Gasteiger partial charge in [-0.15, -0.1) is 0 Å². The fourth-order valence-electron chi connectivity index (χ4n) is 1.14. The smallest absolute Gasteiger partial charge is 0.305 e. The molecule has 16 heavy (non-hydrogen) atoms. The van der Waals surface area contributed by atoms with Crippen LogP contribution in [-0.4, -0.2) is 44.1 Å². The molecule has 0 rings (SSSR count). The van der Waals surface area contributed by atoms with Gasteiger partial charge in [-0.05, 0) is 27.2 Å². The summed E-state index contributed by atoms with van der Waals surface area (Å²) in [6.07, 6.45) is 0.707. The van der Waals surface area contributed by atoms with Gasteiger partial charge in [0.25, 0.3) is 0 Å². The van der Waals surface area contributed by atoms with Crippen molar-refractivity contribution in [3.8, 4) is 0 Å². The summed E-state index contributed by atoms with van der Waals surface area (Å²) in [7, 11) is -0.457. The molecule has 0 unspecified atom stereocenters. The number of methoxy groups -OCH3 is 1. The van der Waals surface area contributed by atoms with Crippen molar-refractivity contribution in [2.75, 3.05) is 20.7 Å². The highest BCUT2D eigenvalue weighted by Gasteiger charge is 2.32. The Bertz CT molecular complexity index is 329. The Kier molecular flexibility index (Phi) is 5.41. The van der Waals surface area contributed by atoms with Gasteiger partial charge in [0.1, 0.15) is 0 Å². The molecule has 0 fully saturated rings. The first kappa shape index (κ1) is 15.4. The average Bonchev–Trinajstić information content (AvgIpc) is 2.15. The lowest BCUT2D eigenvalue weighted by atomic mass is 10.3. The van der Waals surface area contributed by atoms with Gasteiger partial charge in [-0.2, -0.15) is 0 Å². The fraction of sp³-hybridized carbons (Fsp3) is 0.900. The third-order valence-electron chi connectivity index (χ3n) is 2.27. The summed E-state index contributed by atoms with van der Waals surface area (Å²) in [5.74, 6) is -0.318. The summed E-state index contributed by atoms with van der Waals surface area (Å²) in [6, 6.07) is 0. The van der Waals surface area contributed by atoms with E-state index < -0.39 is 14.8 Å². The van der Waals surface area contributed by atoms with Gasteiger partial charge in [-0.3, -0.25) is 4.79 Å². The SMILES string of the molecule is COC(=O)CCCN(C)S(=O)(=O)C(C)(C)C. The lowest BCUT2D eigenvalue weighted by Crippen LogP contribution is -2.41. The molecule has 0 aromatic rings. The molecule has 0 bridgehead atoms. The van der Waals surface area contributed by atoms with Crippen LogP contribution < -0.4 is 0 Å². The van der Waals surface area contributed by atoms with Crippen LogP contribution in [0.4, 0.5) is 0 Å². The first-order valence-corrected chi connectivity index (χ1v) is 6.59. The predicted molar refractivity (Wildman–Crippen MR) is 62.6 cm³/mol. The molecule has 96 valence electrons. The highest BCUT2D eigenvalue weighted by atomic mass is 32.2. The fourth-order valence-corrected chi connectivity index (χ4v) is 2.44. The van der Waals surface area contributed by atoms with Crippen molar-refractivity contribution in [3.63, 3.8) is 0 Å². The lowest BCUT2D eigenvalue weighted by Gasteiger charge is -2.26. The Balaban J connectivity index is 4.28. The van der Waals surface area contributed by atoms with Gasteiger partial charge >= 0.3 is 5.97 Å². The second-order valence-electron chi connectivity index (χ2n) is 4.62. The molecule has 0 saturated carbocycles. The largest absolute Gasteiger partial charge is 0.469 e. The summed E-state index contributed by atoms with van der Waals surface area (Å²) < 4.78 is 28.8. The lowest BCUT2D eigenvalue weighted by molar-refractivity contribution is -0.140. The van der Waals surface area contributed by atoms with E-state index in [9.17, 15) is 13.2 Å². The maximum absolute atomic E-state index is 11.9. The number of sulfonamides is 1. The Morgan fingerprint density at radius 3 is 2.19 bits per heavy atom. The highest BCUT2D eigenvalue weighted by Crippen LogP contribution is 2.19. The molecule has 0 atom stereocenters. The standard InChI is InChI=1S/C10H21NO4S/c1-10(2,3)16(13,14)11(4)8-6-7-9(12)15-5/h6-8H2,1-5H3. The minimum absolute atomic E-state index is 0.237. The minimum Gasteiger partial charge on any atom is -0.469 e. The van der Waals surface area contributed by atoms with Gasteiger partial charge in [0.2, 0.25) is 10.0 Å². The van der Waals surface area contributed by atoms with Crippen molar-refractivity contribution in [2.45, 2.75) is 38.4 Å². The van der Waals surface area contributed by atoms with E-state index in [0.717, 1.165) is 0 Å². The Hall–Kier alpha value is -0.620. The van der Waals surface area contributed by atoms with Crippen LogP contribution in [0.2, 0.25) is 0 Å². The molecule has 0 radical (unpaired) electrons. The van der Waals surface area contributed by atoms with Crippen molar-refractivity contribution >= 4 is 16.0 Å². The van der Waals surface area contributed by atoms with E-state index >= 15 is 0 Å². The highest BCUT2D eigenvalue weighted by molar-refractivity contribution is 7.90. The maximum Gasteiger partial charge on any atom is 0.305 e. The van der Waals surface area contributed by atoms with E-state index in [2.05, 4.69) is 4.74 Å². The van der Waals surface area contributed by atoms with Crippen LogP contribution in [0.25, 0.3) is 0 Å². The number of hydrogen-bond acceptors (Lipinski definition) is 4. The first-order valence-electron chi connectivity index (χ1n) is 5.15. The molecular formula is C10H21NO4S. The van der Waals surface area contributed by atoms with Gasteiger partial charge in [-0.25, -0.2) is 12.7 Å². The van der Waals surface area contributed by atoms with Crippen molar-refractivity contribution in [2.24, 2.45) is 0 Å². The quantitative estimate of drug-likeness (QED) is 0.684. The zero-order valence-electron chi connectivity index (χ0n) is 10.6. The third-order valence-corrected chi connectivity index (χ3v) is 4.82. The summed E-state index contributed by atoms with van der Waals surface area (Å²) >= 11 is 0. The maximum atomic E-state index is 11.9. The molecule has 0 saturated heterocycles. The molecule has 5 nitrogen and oxygen atoms in total. The molecule has 0 N–H and O–H groups in total. The normalized spacial score (nSPS) is 12.9. The van der Waals surface area contributed by atoms with Crippen LogP contribution in [0.1, 0.15) is 33.6 Å². The zero-order chi connectivity index (χ0) is 13.0. The van der Waals surface area contributed by atoms with E-state index in [4.69, 9.17) is 0 Å². The molecule has 0 aromatic heterocycles. The van der Waals surface area contributed by atoms with Crippen LogP contribution in [-0.2, 0) is 19.6 Å². The number of esters is 1. The summed E-state index contributed by atoms with van der Waals surface area (Å²) in [6.45, 7) is 5.28. The average molecular weight is 251 g/mol. The van der Waals surface area contributed by atoms with Crippen LogP contribution in [0.15, 0.2) is 0 Å². The Morgan fingerprint density at radius 1 is 1.31 bits per heavy atom. The summed E-state index contributed by atoms with van der Waals surface area (Å²) in [4.78, 5) is 10.8. The van der Waals surface area contributed by atoms with Gasteiger partial charge in [0, 0.05) is 20.0 Å². The number of ether oxygens (including phenoxy) is 1. The molecule has 0 aromatic carbocycles. The topological polar surface area (TPSA) is 63.7 Å². The molecular weight excluding hydrogens is 230 g/mol. The van der Waals surface area contributed by atoms with Crippen molar-refractivity contribution < 1.29 is 17.9 Å². The summed E-state index contributed by atoms with van der Waals surface area (Å²) in [5, 5.41) is 0. The molecule has 0 aliphatic rings. The van der Waals surface area contributed by atoms with E-state index in [1.165, 1.54) is 18.5 Å². The molecule has 0 spiro atoms. The van der Waals surface area contributed by atoms with Crippen molar-refractivity contribution in [3.05, 3.63) is 0 Å². The second-order valence-corrected chi connectivity index (χ2v) is 7.42. The third kappa shape index (κ3) is 4.09. The van der Waals surface area contributed by atoms with Crippen molar-refractivity contribution in [1.29, 1.82) is 0 Å². The number of carbonyl (C=O) groups excluding carboxylic acids is 1. The zero-order valence-corrected chi connectivity index (χ0v) is 11.4. The van der Waals surface area contributed by atoms with E-state index in [0.29, 0.717) is 13.0 Å². The first-order chi connectivity index (χ1) is 7.13. The summed E-state index contributed by atoms with van der Waals surface area (Å²) in [5.41, 5.74) is 0. The Labute approximate surface area is 97.8 Å². The van der Waals surface area contributed by atoms with Crippen molar-refractivity contribution in [1.82, 2.24) is 4.31 Å². The van der Waals surface area contributed by atoms with E-state index in [1.54, 1.807) is 20.8 Å².